The second kappa shape index (κ2) is 6.73. The summed E-state index contributed by atoms with van der Waals surface area (Å²) in [6.07, 6.45) is 3.76. The van der Waals surface area contributed by atoms with Crippen LogP contribution in [0.4, 0.5) is 0 Å². The molecule has 1 fully saturated rings. The van der Waals surface area contributed by atoms with Crippen molar-refractivity contribution >= 4 is 17.3 Å². The second-order valence-electron chi connectivity index (χ2n) is 5.07. The Labute approximate surface area is 132 Å². The van der Waals surface area contributed by atoms with E-state index in [-0.39, 0.29) is 5.56 Å². The van der Waals surface area contributed by atoms with Crippen LogP contribution in [0, 0.1) is 17.8 Å². The van der Waals surface area contributed by atoms with Crippen LogP contribution in [0.1, 0.15) is 28.2 Å². The molecular weight excluding hydrogens is 298 g/mol. The number of thiazole rings is 1. The molecule has 1 aromatic carbocycles. The number of rotatable bonds is 2. The monoisotopic (exact) mass is 313 g/mol. The normalized spacial score (nSPS) is 15.1. The van der Waals surface area contributed by atoms with E-state index in [0.717, 1.165) is 41.5 Å². The summed E-state index contributed by atoms with van der Waals surface area (Å²) in [5.74, 6) is 5.89. The van der Waals surface area contributed by atoms with E-state index in [4.69, 9.17) is 9.84 Å². The van der Waals surface area contributed by atoms with E-state index in [1.54, 1.807) is 30.5 Å². The van der Waals surface area contributed by atoms with Crippen LogP contribution < -0.4 is 0 Å². The van der Waals surface area contributed by atoms with Gasteiger partial charge in [-0.2, -0.15) is 0 Å². The smallest absolute Gasteiger partial charge is 0.335 e. The second-order valence-corrected chi connectivity index (χ2v) is 6.10. The molecule has 1 aliphatic heterocycles. The standard InChI is InChI=1S/C17H15NO3S/c19-17(20)14-4-2-13(3-5-14)15-11-18-16(22-15)6-1-12-7-9-21-10-8-12/h2-5,11-12H,7-10H2,(H,19,20). The zero-order valence-electron chi connectivity index (χ0n) is 11.9. The molecule has 0 aliphatic carbocycles. The van der Waals surface area contributed by atoms with Crippen molar-refractivity contribution in [2.75, 3.05) is 13.2 Å². The summed E-state index contributed by atoms with van der Waals surface area (Å²) >= 11 is 1.53. The Morgan fingerprint density at radius 1 is 1.27 bits per heavy atom. The number of aromatic carboxylic acids is 1. The topological polar surface area (TPSA) is 59.4 Å². The molecule has 1 N–H and O–H groups in total. The third-order valence-corrected chi connectivity index (χ3v) is 4.49. The van der Waals surface area contributed by atoms with Gasteiger partial charge in [-0.3, -0.25) is 0 Å². The highest BCUT2D eigenvalue weighted by molar-refractivity contribution is 7.15. The Kier molecular flexibility index (Phi) is 4.52. The lowest BCUT2D eigenvalue weighted by molar-refractivity contribution is 0.0697. The highest BCUT2D eigenvalue weighted by Gasteiger charge is 2.11. The summed E-state index contributed by atoms with van der Waals surface area (Å²) in [4.78, 5) is 16.2. The van der Waals surface area contributed by atoms with Crippen LogP contribution in [-0.4, -0.2) is 29.3 Å². The van der Waals surface area contributed by atoms with Crippen LogP contribution in [-0.2, 0) is 4.74 Å². The first-order valence-electron chi connectivity index (χ1n) is 7.11. The summed E-state index contributed by atoms with van der Waals surface area (Å²) in [5.41, 5.74) is 1.24. The van der Waals surface area contributed by atoms with Gasteiger partial charge < -0.3 is 9.84 Å². The van der Waals surface area contributed by atoms with Crippen LogP contribution in [0.2, 0.25) is 0 Å². The molecule has 5 heteroatoms. The molecule has 1 saturated heterocycles. The Bertz CT molecular complexity index is 718. The fourth-order valence-electron chi connectivity index (χ4n) is 2.25. The molecule has 0 bridgehead atoms. The summed E-state index contributed by atoms with van der Waals surface area (Å²) in [5, 5.41) is 9.70. The van der Waals surface area contributed by atoms with Crippen LogP contribution in [0.15, 0.2) is 30.5 Å². The van der Waals surface area contributed by atoms with Crippen LogP contribution in [0.3, 0.4) is 0 Å². The van der Waals surface area contributed by atoms with Crippen molar-refractivity contribution in [1.29, 1.82) is 0 Å². The van der Waals surface area contributed by atoms with Gasteiger partial charge in [0.15, 0.2) is 5.01 Å². The molecule has 2 heterocycles. The highest BCUT2D eigenvalue weighted by Crippen LogP contribution is 2.26. The van der Waals surface area contributed by atoms with Gasteiger partial charge in [0.25, 0.3) is 0 Å². The summed E-state index contributed by atoms with van der Waals surface area (Å²) in [6, 6.07) is 6.80. The average Bonchev–Trinajstić information content (AvgIpc) is 3.03. The van der Waals surface area contributed by atoms with Crippen molar-refractivity contribution in [3.63, 3.8) is 0 Å². The molecule has 0 amide bonds. The molecule has 4 nitrogen and oxygen atoms in total. The molecular formula is C17H15NO3S. The Balaban J connectivity index is 1.73. The number of nitrogens with zero attached hydrogens (tertiary/aromatic N) is 1. The molecule has 22 heavy (non-hydrogen) atoms. The van der Waals surface area contributed by atoms with E-state index >= 15 is 0 Å². The van der Waals surface area contributed by atoms with E-state index in [2.05, 4.69) is 16.8 Å². The van der Waals surface area contributed by atoms with Crippen molar-refractivity contribution in [3.05, 3.63) is 41.0 Å². The average molecular weight is 313 g/mol. The number of hydrogen-bond donors (Lipinski definition) is 1. The third kappa shape index (κ3) is 3.53. The number of carbonyl (C=O) groups is 1. The number of carboxylic acid groups (broad SMARTS) is 1. The summed E-state index contributed by atoms with van der Waals surface area (Å²) < 4.78 is 5.32. The fourth-order valence-corrected chi connectivity index (χ4v) is 3.03. The lowest BCUT2D eigenvalue weighted by Crippen LogP contribution is -2.13. The highest BCUT2D eigenvalue weighted by atomic mass is 32.1. The first-order chi connectivity index (χ1) is 10.7. The van der Waals surface area contributed by atoms with Gasteiger partial charge in [0.05, 0.1) is 10.4 Å². The molecule has 1 aliphatic rings. The van der Waals surface area contributed by atoms with Crippen molar-refractivity contribution in [2.24, 2.45) is 5.92 Å². The SMILES string of the molecule is O=C(O)c1ccc(-c2cnc(C#CC3CCOCC3)s2)cc1. The molecule has 0 unspecified atom stereocenters. The van der Waals surface area contributed by atoms with E-state index in [0.29, 0.717) is 5.92 Å². The van der Waals surface area contributed by atoms with E-state index < -0.39 is 5.97 Å². The Hall–Kier alpha value is -2.16. The van der Waals surface area contributed by atoms with Crippen LogP contribution in [0.25, 0.3) is 10.4 Å². The quantitative estimate of drug-likeness (QED) is 0.864. The van der Waals surface area contributed by atoms with Gasteiger partial charge in [-0.05, 0) is 36.5 Å². The molecule has 0 radical (unpaired) electrons. The van der Waals surface area contributed by atoms with Crippen molar-refractivity contribution in [2.45, 2.75) is 12.8 Å². The summed E-state index contributed by atoms with van der Waals surface area (Å²) in [6.45, 7) is 1.58. The maximum Gasteiger partial charge on any atom is 0.335 e. The number of hydrogen-bond acceptors (Lipinski definition) is 4. The number of benzene rings is 1. The molecule has 0 atom stereocenters. The van der Waals surface area contributed by atoms with Crippen molar-refractivity contribution in [3.8, 4) is 22.3 Å². The van der Waals surface area contributed by atoms with Gasteiger partial charge in [-0.25, -0.2) is 9.78 Å². The van der Waals surface area contributed by atoms with Gasteiger partial charge >= 0.3 is 5.97 Å². The number of carboxylic acids is 1. The van der Waals surface area contributed by atoms with Gasteiger partial charge in [-0.1, -0.05) is 18.1 Å². The predicted octanol–water partition coefficient (Wildman–Crippen LogP) is 3.29. The lowest BCUT2D eigenvalue weighted by atomic mass is 10.0. The minimum atomic E-state index is -0.918. The Morgan fingerprint density at radius 3 is 2.68 bits per heavy atom. The largest absolute Gasteiger partial charge is 0.478 e. The van der Waals surface area contributed by atoms with Gasteiger partial charge in [0.1, 0.15) is 0 Å². The van der Waals surface area contributed by atoms with Gasteiger partial charge in [0.2, 0.25) is 0 Å². The maximum absolute atomic E-state index is 10.9. The molecule has 3 rings (SSSR count). The van der Waals surface area contributed by atoms with Crippen molar-refractivity contribution in [1.82, 2.24) is 4.98 Å². The fraction of sp³-hybridized carbons (Fsp3) is 0.294. The lowest BCUT2D eigenvalue weighted by Gasteiger charge is -2.16. The first kappa shape index (κ1) is 14.8. The zero-order valence-corrected chi connectivity index (χ0v) is 12.7. The molecule has 1 aromatic heterocycles. The summed E-state index contributed by atoms with van der Waals surface area (Å²) in [7, 11) is 0. The molecule has 2 aromatic rings. The predicted molar refractivity (Wildman–Crippen MR) is 84.9 cm³/mol. The number of aromatic nitrogens is 1. The van der Waals surface area contributed by atoms with Crippen molar-refractivity contribution < 1.29 is 14.6 Å². The van der Waals surface area contributed by atoms with Gasteiger partial charge in [-0.15, -0.1) is 11.3 Å². The maximum atomic E-state index is 10.9. The van der Waals surface area contributed by atoms with E-state index in [9.17, 15) is 4.79 Å². The van der Waals surface area contributed by atoms with E-state index in [1.165, 1.54) is 11.3 Å². The number of ether oxygens (including phenoxy) is 1. The Morgan fingerprint density at radius 2 is 2.00 bits per heavy atom. The van der Waals surface area contributed by atoms with Crippen LogP contribution in [0.5, 0.6) is 0 Å². The first-order valence-corrected chi connectivity index (χ1v) is 7.93. The minimum absolute atomic E-state index is 0.285. The molecule has 112 valence electrons. The van der Waals surface area contributed by atoms with E-state index in [1.807, 2.05) is 0 Å². The van der Waals surface area contributed by atoms with Crippen LogP contribution >= 0.6 is 11.3 Å². The minimum Gasteiger partial charge on any atom is -0.478 e. The zero-order chi connectivity index (χ0) is 15.4. The van der Waals surface area contributed by atoms with Gasteiger partial charge in [0, 0.05) is 25.3 Å². The third-order valence-electron chi connectivity index (χ3n) is 3.53. The molecule has 0 spiro atoms. The molecule has 0 saturated carbocycles.